The number of halogens is 1. The molecule has 2 nitrogen and oxygen atoms in total. The van der Waals surface area contributed by atoms with E-state index in [9.17, 15) is 8.42 Å². The first kappa shape index (κ1) is 7.53. The van der Waals surface area contributed by atoms with Crippen molar-refractivity contribution in [3.63, 3.8) is 0 Å². The molecule has 1 aliphatic heterocycles. The van der Waals surface area contributed by atoms with Gasteiger partial charge in [0.15, 0.2) is 9.84 Å². The van der Waals surface area contributed by atoms with Crippen molar-refractivity contribution in [1.29, 1.82) is 0 Å². The zero-order valence-corrected chi connectivity index (χ0v) is 7.99. The third kappa shape index (κ3) is 1.29. The fourth-order valence-corrected chi connectivity index (χ4v) is 3.58. The molecule has 0 aromatic carbocycles. The van der Waals surface area contributed by atoms with Gasteiger partial charge in [-0.05, 0) is 35.9 Å². The molecule has 0 saturated heterocycles. The van der Waals surface area contributed by atoms with Gasteiger partial charge in [0.2, 0.25) is 0 Å². The highest BCUT2D eigenvalue weighted by Gasteiger charge is 2.23. The van der Waals surface area contributed by atoms with E-state index in [1.54, 1.807) is 6.92 Å². The van der Waals surface area contributed by atoms with Crippen LogP contribution in [0.15, 0.2) is 8.48 Å². The van der Waals surface area contributed by atoms with E-state index in [0.29, 0.717) is 17.1 Å². The van der Waals surface area contributed by atoms with E-state index >= 15 is 0 Å². The van der Waals surface area contributed by atoms with Crippen LogP contribution < -0.4 is 0 Å². The van der Waals surface area contributed by atoms with Crippen molar-refractivity contribution < 1.29 is 8.42 Å². The van der Waals surface area contributed by atoms with Gasteiger partial charge in [0.1, 0.15) is 0 Å². The fraction of sp³-hybridized carbons (Fsp3) is 0.600. The summed E-state index contributed by atoms with van der Waals surface area (Å²) in [5.41, 5.74) is 0. The zero-order chi connectivity index (χ0) is 7.07. The smallest absolute Gasteiger partial charge is 0.175 e. The van der Waals surface area contributed by atoms with E-state index < -0.39 is 9.84 Å². The number of rotatable bonds is 0. The minimum atomic E-state index is -2.80. The van der Waals surface area contributed by atoms with Crippen molar-refractivity contribution in [2.75, 3.05) is 5.75 Å². The summed E-state index contributed by atoms with van der Waals surface area (Å²) in [7, 11) is -2.80. The summed E-state index contributed by atoms with van der Waals surface area (Å²) in [5, 5.41) is 0. The molecule has 0 aromatic heterocycles. The molecule has 0 bridgehead atoms. The lowest BCUT2D eigenvalue weighted by atomic mass is 10.4. The van der Waals surface area contributed by atoms with Gasteiger partial charge in [-0.25, -0.2) is 8.42 Å². The van der Waals surface area contributed by atoms with Gasteiger partial charge >= 0.3 is 0 Å². The van der Waals surface area contributed by atoms with Crippen molar-refractivity contribution >= 4 is 32.4 Å². The Hall–Kier alpha value is 0.420. The molecule has 9 heavy (non-hydrogen) atoms. The maximum atomic E-state index is 10.9. The van der Waals surface area contributed by atoms with Crippen LogP contribution in [0.1, 0.15) is 13.3 Å². The second kappa shape index (κ2) is 2.23. The second-order valence-corrected chi connectivity index (χ2v) is 5.58. The average molecular weight is 258 g/mol. The SMILES string of the molecule is CC1=C(I)CCS1(=O)=O. The first-order chi connectivity index (χ1) is 4.04. The van der Waals surface area contributed by atoms with Crippen LogP contribution in [-0.2, 0) is 9.84 Å². The minimum absolute atomic E-state index is 0.317. The van der Waals surface area contributed by atoms with Crippen molar-refractivity contribution in [1.82, 2.24) is 0 Å². The Bertz CT molecular complexity index is 250. The molecule has 1 heterocycles. The van der Waals surface area contributed by atoms with Crippen LogP contribution in [-0.4, -0.2) is 14.2 Å². The molecule has 0 fully saturated rings. The lowest BCUT2D eigenvalue weighted by molar-refractivity contribution is 0.604. The summed E-state index contributed by atoms with van der Waals surface area (Å²) in [4.78, 5) is 0.572. The van der Waals surface area contributed by atoms with Crippen LogP contribution in [0, 0.1) is 0 Å². The third-order valence-corrected chi connectivity index (χ3v) is 5.07. The number of hydrogen-bond donors (Lipinski definition) is 0. The lowest BCUT2D eigenvalue weighted by Crippen LogP contribution is -1.98. The van der Waals surface area contributed by atoms with Crippen LogP contribution in [0.2, 0.25) is 0 Å². The molecule has 0 aromatic rings. The van der Waals surface area contributed by atoms with Crippen LogP contribution in [0.25, 0.3) is 0 Å². The summed E-state index contributed by atoms with van der Waals surface area (Å²) >= 11 is 2.08. The molecule has 0 radical (unpaired) electrons. The highest BCUT2D eigenvalue weighted by atomic mass is 127. The maximum Gasteiger partial charge on any atom is 0.175 e. The van der Waals surface area contributed by atoms with Crippen molar-refractivity contribution in [3.8, 4) is 0 Å². The molecular formula is C5H7IO2S. The predicted octanol–water partition coefficient (Wildman–Crippen LogP) is 1.47. The molecule has 0 N–H and O–H groups in total. The topological polar surface area (TPSA) is 34.1 Å². The Morgan fingerprint density at radius 2 is 2.11 bits per heavy atom. The third-order valence-electron chi connectivity index (χ3n) is 1.44. The minimum Gasteiger partial charge on any atom is -0.224 e. The van der Waals surface area contributed by atoms with Crippen LogP contribution in [0.4, 0.5) is 0 Å². The largest absolute Gasteiger partial charge is 0.224 e. The van der Waals surface area contributed by atoms with E-state index in [4.69, 9.17) is 0 Å². The molecule has 52 valence electrons. The molecule has 0 unspecified atom stereocenters. The van der Waals surface area contributed by atoms with Crippen LogP contribution >= 0.6 is 22.6 Å². The summed E-state index contributed by atoms with van der Waals surface area (Å²) in [6, 6.07) is 0. The Kier molecular flexibility index (Phi) is 1.86. The Morgan fingerprint density at radius 1 is 1.56 bits per heavy atom. The molecular weight excluding hydrogens is 251 g/mol. The monoisotopic (exact) mass is 258 g/mol. The van der Waals surface area contributed by atoms with Gasteiger partial charge in [-0.2, -0.15) is 0 Å². The highest BCUT2D eigenvalue weighted by molar-refractivity contribution is 14.1. The lowest BCUT2D eigenvalue weighted by Gasteiger charge is -1.89. The average Bonchev–Trinajstić information content (AvgIpc) is 1.97. The van der Waals surface area contributed by atoms with Gasteiger partial charge in [-0.3, -0.25) is 0 Å². The van der Waals surface area contributed by atoms with Gasteiger partial charge in [0, 0.05) is 3.58 Å². The fourth-order valence-electron chi connectivity index (χ4n) is 0.722. The quantitative estimate of drug-likeness (QED) is 0.616. The molecule has 1 aliphatic rings. The molecule has 0 atom stereocenters. The zero-order valence-electron chi connectivity index (χ0n) is 5.02. The van der Waals surface area contributed by atoms with E-state index in [-0.39, 0.29) is 0 Å². The van der Waals surface area contributed by atoms with Crippen LogP contribution in [0.5, 0.6) is 0 Å². The van der Waals surface area contributed by atoms with Crippen LogP contribution in [0.3, 0.4) is 0 Å². The summed E-state index contributed by atoms with van der Waals surface area (Å²) in [5.74, 6) is 0.317. The van der Waals surface area contributed by atoms with Crippen molar-refractivity contribution in [2.24, 2.45) is 0 Å². The Labute approximate surface area is 68.4 Å². The first-order valence-electron chi connectivity index (χ1n) is 2.62. The Balaban J connectivity index is 3.17. The molecule has 1 rings (SSSR count). The van der Waals surface area contributed by atoms with E-state index in [0.717, 1.165) is 3.58 Å². The predicted molar refractivity (Wildman–Crippen MR) is 45.1 cm³/mol. The van der Waals surface area contributed by atoms with Gasteiger partial charge in [0.25, 0.3) is 0 Å². The standard InChI is InChI=1S/C5H7IO2S/c1-4-5(6)2-3-9(4,7)8/h2-3H2,1H3. The summed E-state index contributed by atoms with van der Waals surface area (Å²) < 4.78 is 22.8. The number of allylic oxidation sites excluding steroid dienone is 2. The molecule has 0 aliphatic carbocycles. The molecule has 0 amide bonds. The van der Waals surface area contributed by atoms with Gasteiger partial charge in [-0.15, -0.1) is 0 Å². The highest BCUT2D eigenvalue weighted by Crippen LogP contribution is 2.29. The molecule has 4 heteroatoms. The van der Waals surface area contributed by atoms with E-state index in [2.05, 4.69) is 22.6 Å². The van der Waals surface area contributed by atoms with E-state index in [1.807, 2.05) is 0 Å². The maximum absolute atomic E-state index is 10.9. The van der Waals surface area contributed by atoms with Gasteiger partial charge < -0.3 is 0 Å². The second-order valence-electron chi connectivity index (χ2n) is 2.03. The number of sulfone groups is 1. The molecule has 0 spiro atoms. The Morgan fingerprint density at radius 3 is 2.22 bits per heavy atom. The van der Waals surface area contributed by atoms with E-state index in [1.165, 1.54) is 0 Å². The number of hydrogen-bond acceptors (Lipinski definition) is 2. The normalized spacial score (nSPS) is 25.1. The first-order valence-corrected chi connectivity index (χ1v) is 5.35. The summed E-state index contributed by atoms with van der Waals surface area (Å²) in [6.45, 7) is 1.67. The van der Waals surface area contributed by atoms with Crippen molar-refractivity contribution in [2.45, 2.75) is 13.3 Å². The molecule has 0 saturated carbocycles. The van der Waals surface area contributed by atoms with Gasteiger partial charge in [-0.1, -0.05) is 0 Å². The van der Waals surface area contributed by atoms with Gasteiger partial charge in [0.05, 0.1) is 10.7 Å². The van der Waals surface area contributed by atoms with Crippen molar-refractivity contribution in [3.05, 3.63) is 8.48 Å². The summed E-state index contributed by atoms with van der Waals surface area (Å²) in [6.07, 6.45) is 0.717.